The Kier molecular flexibility index (Phi) is 4.26. The van der Waals surface area contributed by atoms with Crippen LogP contribution in [0.5, 0.6) is 0 Å². The predicted molar refractivity (Wildman–Crippen MR) is 51.8 cm³/mol. The first-order valence-corrected chi connectivity index (χ1v) is 5.09. The fourth-order valence-electron chi connectivity index (χ4n) is 1.38. The molecule has 0 bridgehead atoms. The summed E-state index contributed by atoms with van der Waals surface area (Å²) in [7, 11) is 0. The minimum absolute atomic E-state index is 0.893. The summed E-state index contributed by atoms with van der Waals surface area (Å²) in [5, 5.41) is 0. The van der Waals surface area contributed by atoms with Crippen molar-refractivity contribution < 1.29 is 4.79 Å². The van der Waals surface area contributed by atoms with Crippen LogP contribution in [0.2, 0.25) is 0 Å². The number of hydrogen-bond donors (Lipinski definition) is 0. The molecule has 0 aromatic carbocycles. The summed E-state index contributed by atoms with van der Waals surface area (Å²) in [5.41, 5.74) is 0.893. The highest BCUT2D eigenvalue weighted by Crippen LogP contribution is 2.27. The third kappa shape index (κ3) is 2.92. The Labute approximate surface area is 80.9 Å². The second-order valence-corrected chi connectivity index (χ2v) is 3.93. The van der Waals surface area contributed by atoms with Crippen LogP contribution in [0.25, 0.3) is 0 Å². The van der Waals surface area contributed by atoms with E-state index in [9.17, 15) is 4.79 Å². The molecule has 0 spiro atoms. The molecule has 0 amide bonds. The third-order valence-corrected chi connectivity index (χ3v) is 2.91. The van der Waals surface area contributed by atoms with Crippen molar-refractivity contribution in [2.45, 2.75) is 38.5 Å². The fraction of sp³-hybridized carbons (Fsp3) is 0.667. The van der Waals surface area contributed by atoms with Gasteiger partial charge in [0.15, 0.2) is 0 Å². The van der Waals surface area contributed by atoms with Crippen LogP contribution in [0.3, 0.4) is 0 Å². The van der Waals surface area contributed by atoms with Gasteiger partial charge in [0.2, 0.25) is 6.08 Å². The smallest absolute Gasteiger partial charge is 0.211 e. The van der Waals surface area contributed by atoms with E-state index in [0.717, 1.165) is 29.4 Å². The van der Waals surface area contributed by atoms with Crippen molar-refractivity contribution in [3.05, 3.63) is 10.2 Å². The van der Waals surface area contributed by atoms with Gasteiger partial charge in [-0.3, -0.25) is 0 Å². The molecule has 12 heavy (non-hydrogen) atoms. The van der Waals surface area contributed by atoms with Crippen LogP contribution in [0.4, 0.5) is 0 Å². The Hall–Kier alpha value is -0.400. The van der Waals surface area contributed by atoms with Crippen molar-refractivity contribution in [1.82, 2.24) is 0 Å². The van der Waals surface area contributed by atoms with E-state index in [2.05, 4.69) is 20.9 Å². The van der Waals surface area contributed by atoms with Gasteiger partial charge in [0.25, 0.3) is 0 Å². The Morgan fingerprint density at radius 3 is 2.50 bits per heavy atom. The molecule has 0 saturated carbocycles. The van der Waals surface area contributed by atoms with Gasteiger partial charge in [-0.2, -0.15) is 4.99 Å². The van der Waals surface area contributed by atoms with Crippen molar-refractivity contribution in [2.24, 2.45) is 4.99 Å². The van der Waals surface area contributed by atoms with Gasteiger partial charge in [0, 0.05) is 4.48 Å². The Bertz CT molecular complexity index is 229. The molecule has 1 rings (SSSR count). The van der Waals surface area contributed by atoms with Gasteiger partial charge >= 0.3 is 0 Å². The molecule has 2 nitrogen and oxygen atoms in total. The lowest BCUT2D eigenvalue weighted by Gasteiger charge is -2.09. The van der Waals surface area contributed by atoms with E-state index in [-0.39, 0.29) is 0 Å². The van der Waals surface area contributed by atoms with E-state index in [0.29, 0.717) is 0 Å². The maximum atomic E-state index is 10.1. The van der Waals surface area contributed by atoms with E-state index in [1.54, 1.807) is 6.08 Å². The van der Waals surface area contributed by atoms with E-state index in [4.69, 9.17) is 0 Å². The number of aliphatic imine (C=N–C) groups is 1. The molecule has 0 heterocycles. The van der Waals surface area contributed by atoms with Gasteiger partial charge in [-0.1, -0.05) is 28.8 Å². The van der Waals surface area contributed by atoms with E-state index in [1.807, 2.05) is 0 Å². The molecule has 3 heteroatoms. The first-order chi connectivity index (χ1) is 5.84. The van der Waals surface area contributed by atoms with Gasteiger partial charge in [0.05, 0.1) is 5.70 Å². The summed E-state index contributed by atoms with van der Waals surface area (Å²) in [6.07, 6.45) is 8.39. The molecule has 0 aromatic heterocycles. The maximum Gasteiger partial charge on any atom is 0.240 e. The molecule has 1 aliphatic carbocycles. The quantitative estimate of drug-likeness (QED) is 0.502. The fourth-order valence-corrected chi connectivity index (χ4v) is 1.95. The number of allylic oxidation sites excluding steroid dienone is 2. The SMILES string of the molecule is O=C=NC1=C(Br)CCCCCC1. The van der Waals surface area contributed by atoms with Crippen LogP contribution >= 0.6 is 15.9 Å². The lowest BCUT2D eigenvalue weighted by molar-refractivity contribution is 0.562. The monoisotopic (exact) mass is 229 g/mol. The van der Waals surface area contributed by atoms with Crippen LogP contribution in [-0.2, 0) is 4.79 Å². The van der Waals surface area contributed by atoms with E-state index < -0.39 is 0 Å². The molecular formula is C9H12BrNO. The van der Waals surface area contributed by atoms with Crippen LogP contribution in [-0.4, -0.2) is 6.08 Å². The summed E-state index contributed by atoms with van der Waals surface area (Å²) in [4.78, 5) is 13.8. The Morgan fingerprint density at radius 1 is 1.17 bits per heavy atom. The zero-order chi connectivity index (χ0) is 8.81. The van der Waals surface area contributed by atoms with Gasteiger partial charge < -0.3 is 0 Å². The predicted octanol–water partition coefficient (Wildman–Crippen LogP) is 3.28. The van der Waals surface area contributed by atoms with Crippen molar-refractivity contribution in [2.75, 3.05) is 0 Å². The minimum Gasteiger partial charge on any atom is -0.211 e. The molecule has 0 N–H and O–H groups in total. The number of rotatable bonds is 1. The zero-order valence-electron chi connectivity index (χ0n) is 6.98. The molecule has 1 aliphatic rings. The highest BCUT2D eigenvalue weighted by atomic mass is 79.9. The van der Waals surface area contributed by atoms with Gasteiger partial charge in [-0.25, -0.2) is 4.79 Å². The maximum absolute atomic E-state index is 10.1. The lowest BCUT2D eigenvalue weighted by atomic mass is 10.0. The lowest BCUT2D eigenvalue weighted by Crippen LogP contribution is -1.91. The summed E-state index contributed by atoms with van der Waals surface area (Å²) < 4.78 is 1.09. The average Bonchev–Trinajstić information content (AvgIpc) is 2.05. The number of halogens is 1. The normalized spacial score (nSPS) is 19.4. The first kappa shape index (κ1) is 9.69. The van der Waals surface area contributed by atoms with Crippen molar-refractivity contribution in [3.8, 4) is 0 Å². The van der Waals surface area contributed by atoms with Crippen LogP contribution < -0.4 is 0 Å². The molecule has 0 radical (unpaired) electrons. The van der Waals surface area contributed by atoms with Gasteiger partial charge in [-0.15, -0.1) is 0 Å². The number of isocyanates is 1. The van der Waals surface area contributed by atoms with Crippen molar-refractivity contribution in [3.63, 3.8) is 0 Å². The van der Waals surface area contributed by atoms with E-state index in [1.165, 1.54) is 19.3 Å². The van der Waals surface area contributed by atoms with Gasteiger partial charge in [-0.05, 0) is 25.7 Å². The Morgan fingerprint density at radius 2 is 1.83 bits per heavy atom. The zero-order valence-corrected chi connectivity index (χ0v) is 8.56. The first-order valence-electron chi connectivity index (χ1n) is 4.30. The topological polar surface area (TPSA) is 29.4 Å². The molecule has 0 aliphatic heterocycles. The number of hydrogen-bond acceptors (Lipinski definition) is 2. The summed E-state index contributed by atoms with van der Waals surface area (Å²) >= 11 is 3.45. The number of carbonyl (C=O) groups excluding carboxylic acids is 1. The molecular weight excluding hydrogens is 218 g/mol. The Balaban J connectivity index is 2.72. The molecule has 0 saturated heterocycles. The molecule has 0 atom stereocenters. The molecule has 0 aromatic rings. The van der Waals surface area contributed by atoms with E-state index >= 15 is 0 Å². The summed E-state index contributed by atoms with van der Waals surface area (Å²) in [6, 6.07) is 0. The summed E-state index contributed by atoms with van der Waals surface area (Å²) in [5.74, 6) is 0. The third-order valence-electron chi connectivity index (χ3n) is 2.05. The minimum atomic E-state index is 0.893. The van der Waals surface area contributed by atoms with Crippen LogP contribution in [0.1, 0.15) is 38.5 Å². The average molecular weight is 230 g/mol. The standard InChI is InChI=1S/C9H12BrNO/c10-8-5-3-1-2-4-6-9(8)11-7-12/h1-6H2. The summed E-state index contributed by atoms with van der Waals surface area (Å²) in [6.45, 7) is 0. The largest absolute Gasteiger partial charge is 0.240 e. The van der Waals surface area contributed by atoms with Crippen LogP contribution in [0.15, 0.2) is 15.2 Å². The second-order valence-electron chi connectivity index (χ2n) is 2.97. The highest BCUT2D eigenvalue weighted by Gasteiger charge is 2.06. The molecule has 0 unspecified atom stereocenters. The number of nitrogens with zero attached hydrogens (tertiary/aromatic N) is 1. The van der Waals surface area contributed by atoms with Crippen molar-refractivity contribution >= 4 is 22.0 Å². The van der Waals surface area contributed by atoms with Crippen molar-refractivity contribution in [1.29, 1.82) is 0 Å². The highest BCUT2D eigenvalue weighted by molar-refractivity contribution is 9.11. The van der Waals surface area contributed by atoms with Gasteiger partial charge in [0.1, 0.15) is 0 Å². The second kappa shape index (κ2) is 5.28. The van der Waals surface area contributed by atoms with Crippen LogP contribution in [0, 0.1) is 0 Å². The molecule has 66 valence electrons. The molecule has 0 fully saturated rings.